The zero-order chi connectivity index (χ0) is 13.0. The van der Waals surface area contributed by atoms with Gasteiger partial charge in [-0.25, -0.2) is 4.39 Å². The fraction of sp³-hybridized carbons (Fsp3) is 0.133. The summed E-state index contributed by atoms with van der Waals surface area (Å²) in [5.41, 5.74) is 2.13. The molecule has 2 aromatic rings. The SMILES string of the molecule is C/C=N/c1cc(Sc2ccc(F)cc2)ccc1C. The third-order valence-corrected chi connectivity index (χ3v) is 3.50. The van der Waals surface area contributed by atoms with Gasteiger partial charge in [0.1, 0.15) is 5.82 Å². The molecule has 0 amide bonds. The van der Waals surface area contributed by atoms with Crippen LogP contribution < -0.4 is 0 Å². The van der Waals surface area contributed by atoms with E-state index in [1.807, 2.05) is 26.0 Å². The number of hydrogen-bond acceptors (Lipinski definition) is 2. The van der Waals surface area contributed by atoms with Gasteiger partial charge in [-0.1, -0.05) is 17.8 Å². The van der Waals surface area contributed by atoms with Crippen LogP contribution >= 0.6 is 11.8 Å². The minimum absolute atomic E-state index is 0.209. The van der Waals surface area contributed by atoms with Gasteiger partial charge in [0.05, 0.1) is 5.69 Å². The number of aryl methyl sites for hydroxylation is 1. The van der Waals surface area contributed by atoms with Gasteiger partial charge in [-0.15, -0.1) is 0 Å². The van der Waals surface area contributed by atoms with Gasteiger partial charge >= 0.3 is 0 Å². The second kappa shape index (κ2) is 5.83. The van der Waals surface area contributed by atoms with Gasteiger partial charge in [0.15, 0.2) is 0 Å². The van der Waals surface area contributed by atoms with Crippen molar-refractivity contribution < 1.29 is 4.39 Å². The first-order valence-electron chi connectivity index (χ1n) is 5.72. The summed E-state index contributed by atoms with van der Waals surface area (Å²) in [4.78, 5) is 6.45. The van der Waals surface area contributed by atoms with Crippen LogP contribution in [0.25, 0.3) is 0 Å². The third kappa shape index (κ3) is 3.20. The summed E-state index contributed by atoms with van der Waals surface area (Å²) in [7, 11) is 0. The maximum Gasteiger partial charge on any atom is 0.123 e. The lowest BCUT2D eigenvalue weighted by atomic mass is 10.2. The van der Waals surface area contributed by atoms with Gasteiger partial charge in [-0.2, -0.15) is 0 Å². The molecule has 0 radical (unpaired) electrons. The Morgan fingerprint density at radius 3 is 2.39 bits per heavy atom. The van der Waals surface area contributed by atoms with Crippen molar-refractivity contribution in [2.45, 2.75) is 23.6 Å². The van der Waals surface area contributed by atoms with Crippen LogP contribution in [0.15, 0.2) is 57.2 Å². The lowest BCUT2D eigenvalue weighted by Crippen LogP contribution is -1.79. The van der Waals surface area contributed by atoms with Gasteiger partial charge in [0, 0.05) is 16.0 Å². The van der Waals surface area contributed by atoms with E-state index in [1.165, 1.54) is 12.1 Å². The van der Waals surface area contributed by atoms with Gasteiger partial charge < -0.3 is 0 Å². The zero-order valence-electron chi connectivity index (χ0n) is 10.4. The van der Waals surface area contributed by atoms with E-state index in [0.29, 0.717) is 0 Å². The molecule has 92 valence electrons. The van der Waals surface area contributed by atoms with E-state index in [1.54, 1.807) is 30.1 Å². The Labute approximate surface area is 111 Å². The number of nitrogens with zero attached hydrogens (tertiary/aromatic N) is 1. The van der Waals surface area contributed by atoms with Crippen molar-refractivity contribution in [3.63, 3.8) is 0 Å². The summed E-state index contributed by atoms with van der Waals surface area (Å²) in [6.07, 6.45) is 1.79. The fourth-order valence-electron chi connectivity index (χ4n) is 1.57. The van der Waals surface area contributed by atoms with Crippen molar-refractivity contribution in [3.05, 3.63) is 53.8 Å². The minimum atomic E-state index is -0.209. The zero-order valence-corrected chi connectivity index (χ0v) is 11.2. The summed E-state index contributed by atoms with van der Waals surface area (Å²) in [5, 5.41) is 0. The quantitative estimate of drug-likeness (QED) is 0.706. The first kappa shape index (κ1) is 12.8. The molecule has 0 bridgehead atoms. The molecule has 1 nitrogen and oxygen atoms in total. The molecule has 18 heavy (non-hydrogen) atoms. The molecule has 0 spiro atoms. The Kier molecular flexibility index (Phi) is 4.15. The average Bonchev–Trinajstić information content (AvgIpc) is 2.37. The van der Waals surface area contributed by atoms with Crippen molar-refractivity contribution in [1.29, 1.82) is 0 Å². The van der Waals surface area contributed by atoms with E-state index in [4.69, 9.17) is 0 Å². The number of halogens is 1. The molecule has 2 rings (SSSR count). The molecular weight excluding hydrogens is 245 g/mol. The topological polar surface area (TPSA) is 12.4 Å². The minimum Gasteiger partial charge on any atom is -0.261 e. The second-order valence-corrected chi connectivity index (χ2v) is 5.04. The van der Waals surface area contributed by atoms with E-state index in [-0.39, 0.29) is 5.82 Å². The molecule has 0 aliphatic heterocycles. The van der Waals surface area contributed by atoms with Crippen LogP contribution in [0.4, 0.5) is 10.1 Å². The van der Waals surface area contributed by atoms with E-state index >= 15 is 0 Å². The molecule has 0 heterocycles. The third-order valence-electron chi connectivity index (χ3n) is 2.50. The van der Waals surface area contributed by atoms with Gasteiger partial charge in [-0.05, 0) is 55.8 Å². The highest BCUT2D eigenvalue weighted by molar-refractivity contribution is 7.99. The Hall–Kier alpha value is -1.61. The van der Waals surface area contributed by atoms with Crippen molar-refractivity contribution in [2.24, 2.45) is 4.99 Å². The van der Waals surface area contributed by atoms with Gasteiger partial charge in [0.2, 0.25) is 0 Å². The van der Waals surface area contributed by atoms with E-state index in [9.17, 15) is 4.39 Å². The smallest absolute Gasteiger partial charge is 0.123 e. The van der Waals surface area contributed by atoms with E-state index in [2.05, 4.69) is 11.1 Å². The molecular formula is C15H14FNS. The summed E-state index contributed by atoms with van der Waals surface area (Å²) < 4.78 is 12.8. The fourth-order valence-corrected chi connectivity index (χ4v) is 2.42. The number of hydrogen-bond donors (Lipinski definition) is 0. The molecule has 0 aromatic heterocycles. The Balaban J connectivity index is 2.24. The summed E-state index contributed by atoms with van der Waals surface area (Å²) in [6, 6.07) is 12.7. The average molecular weight is 259 g/mol. The highest BCUT2D eigenvalue weighted by atomic mass is 32.2. The normalized spacial score (nSPS) is 11.1. The van der Waals surface area contributed by atoms with Crippen LogP contribution in [0, 0.1) is 12.7 Å². The number of benzene rings is 2. The molecule has 0 aliphatic carbocycles. The van der Waals surface area contributed by atoms with Crippen LogP contribution in [-0.4, -0.2) is 6.21 Å². The van der Waals surface area contributed by atoms with E-state index in [0.717, 1.165) is 21.0 Å². The molecule has 0 saturated carbocycles. The van der Waals surface area contributed by atoms with Gasteiger partial charge in [-0.3, -0.25) is 4.99 Å². The molecule has 0 unspecified atom stereocenters. The second-order valence-electron chi connectivity index (χ2n) is 3.89. The molecule has 3 heteroatoms. The molecule has 0 atom stereocenters. The maximum atomic E-state index is 12.8. The largest absolute Gasteiger partial charge is 0.261 e. The first-order valence-corrected chi connectivity index (χ1v) is 6.53. The van der Waals surface area contributed by atoms with Crippen molar-refractivity contribution in [1.82, 2.24) is 0 Å². The molecule has 0 saturated heterocycles. The maximum absolute atomic E-state index is 12.8. The number of aliphatic imine (C=N–C) groups is 1. The lowest BCUT2D eigenvalue weighted by Gasteiger charge is -2.05. The van der Waals surface area contributed by atoms with Crippen molar-refractivity contribution >= 4 is 23.7 Å². The van der Waals surface area contributed by atoms with Gasteiger partial charge in [0.25, 0.3) is 0 Å². The number of rotatable bonds is 3. The monoisotopic (exact) mass is 259 g/mol. The molecule has 0 fully saturated rings. The van der Waals surface area contributed by atoms with Crippen LogP contribution in [0.3, 0.4) is 0 Å². The highest BCUT2D eigenvalue weighted by Crippen LogP contribution is 2.31. The van der Waals surface area contributed by atoms with Crippen LogP contribution in [0.5, 0.6) is 0 Å². The van der Waals surface area contributed by atoms with Crippen LogP contribution in [-0.2, 0) is 0 Å². The predicted molar refractivity (Wildman–Crippen MR) is 75.5 cm³/mol. The molecule has 0 aliphatic rings. The summed E-state index contributed by atoms with van der Waals surface area (Å²) >= 11 is 1.60. The standard InChI is InChI=1S/C15H14FNS/c1-3-17-15-10-14(7-4-11(15)2)18-13-8-5-12(16)6-9-13/h3-10H,1-2H3/b17-3+. The van der Waals surface area contributed by atoms with Crippen molar-refractivity contribution in [2.75, 3.05) is 0 Å². The lowest BCUT2D eigenvalue weighted by molar-refractivity contribution is 0.626. The predicted octanol–water partition coefficient (Wildman–Crippen LogP) is 5.01. The highest BCUT2D eigenvalue weighted by Gasteiger charge is 2.01. The summed E-state index contributed by atoms with van der Waals surface area (Å²) in [5.74, 6) is -0.209. The van der Waals surface area contributed by atoms with Crippen molar-refractivity contribution in [3.8, 4) is 0 Å². The van der Waals surface area contributed by atoms with E-state index < -0.39 is 0 Å². The summed E-state index contributed by atoms with van der Waals surface area (Å²) in [6.45, 7) is 3.94. The molecule has 2 aromatic carbocycles. The van der Waals surface area contributed by atoms with Crippen LogP contribution in [0.1, 0.15) is 12.5 Å². The van der Waals surface area contributed by atoms with Crippen LogP contribution in [0.2, 0.25) is 0 Å². The molecule has 0 N–H and O–H groups in total. The Bertz CT molecular complexity index is 561. The first-order chi connectivity index (χ1) is 8.69. The Morgan fingerprint density at radius 1 is 1.06 bits per heavy atom. The Morgan fingerprint density at radius 2 is 1.72 bits per heavy atom.